The molecular weight excluding hydrogens is 386 g/mol. The van der Waals surface area contributed by atoms with Gasteiger partial charge in [0.15, 0.2) is 0 Å². The first kappa shape index (κ1) is 21.0. The number of rotatable bonds is 4. The van der Waals surface area contributed by atoms with Crippen molar-refractivity contribution >= 4 is 5.91 Å². The molecular formula is C26H29N3O2. The lowest BCUT2D eigenvalue weighted by molar-refractivity contribution is 0.0702. The Morgan fingerprint density at radius 3 is 2.58 bits per heavy atom. The van der Waals surface area contributed by atoms with Gasteiger partial charge in [0.25, 0.3) is 11.5 Å². The van der Waals surface area contributed by atoms with Crippen molar-refractivity contribution in [3.8, 4) is 0 Å². The summed E-state index contributed by atoms with van der Waals surface area (Å²) in [6.07, 6.45) is 4.72. The van der Waals surface area contributed by atoms with E-state index in [1.807, 2.05) is 49.2 Å². The summed E-state index contributed by atoms with van der Waals surface area (Å²) in [4.78, 5) is 32.5. The fourth-order valence-corrected chi connectivity index (χ4v) is 4.41. The first-order valence-electron chi connectivity index (χ1n) is 10.9. The van der Waals surface area contributed by atoms with E-state index in [2.05, 4.69) is 24.3 Å². The van der Waals surface area contributed by atoms with Gasteiger partial charge < -0.3 is 9.47 Å². The average Bonchev–Trinajstić information content (AvgIpc) is 2.79. The summed E-state index contributed by atoms with van der Waals surface area (Å²) in [6, 6.07) is 16.5. The summed E-state index contributed by atoms with van der Waals surface area (Å²) in [7, 11) is 1.72. The smallest absolute Gasteiger partial charge is 0.263 e. The Bertz CT molecular complexity index is 1130. The largest absolute Gasteiger partial charge is 0.338 e. The van der Waals surface area contributed by atoms with E-state index in [1.54, 1.807) is 11.6 Å². The van der Waals surface area contributed by atoms with Crippen molar-refractivity contribution in [2.75, 3.05) is 13.1 Å². The Hall–Kier alpha value is -3.21. The van der Waals surface area contributed by atoms with Crippen molar-refractivity contribution in [2.45, 2.75) is 39.0 Å². The second-order valence-corrected chi connectivity index (χ2v) is 8.55. The van der Waals surface area contributed by atoms with Gasteiger partial charge in [-0.05, 0) is 61.9 Å². The molecule has 2 aromatic heterocycles. The second-order valence-electron chi connectivity index (χ2n) is 8.55. The van der Waals surface area contributed by atoms with Gasteiger partial charge in [-0.15, -0.1) is 0 Å². The number of carbonyl (C=O) groups is 1. The zero-order valence-electron chi connectivity index (χ0n) is 18.5. The quantitative estimate of drug-likeness (QED) is 0.647. The molecule has 0 radical (unpaired) electrons. The highest BCUT2D eigenvalue weighted by Gasteiger charge is 2.29. The summed E-state index contributed by atoms with van der Waals surface area (Å²) in [5.74, 6) is 0.0292. The van der Waals surface area contributed by atoms with Crippen LogP contribution in [0.2, 0.25) is 0 Å². The van der Waals surface area contributed by atoms with Crippen LogP contribution in [-0.4, -0.2) is 33.4 Å². The van der Waals surface area contributed by atoms with Crippen LogP contribution >= 0.6 is 0 Å². The molecule has 1 saturated heterocycles. The Balaban J connectivity index is 1.49. The van der Waals surface area contributed by atoms with Crippen LogP contribution in [0.4, 0.5) is 0 Å². The lowest BCUT2D eigenvalue weighted by Gasteiger charge is -2.33. The minimum absolute atomic E-state index is 0.163. The monoisotopic (exact) mass is 415 g/mol. The third-order valence-corrected chi connectivity index (χ3v) is 6.31. The summed E-state index contributed by atoms with van der Waals surface area (Å²) in [5.41, 5.74) is 5.14. The second kappa shape index (κ2) is 8.88. The molecule has 0 spiro atoms. The first-order valence-corrected chi connectivity index (χ1v) is 10.9. The number of aromatic nitrogens is 2. The molecule has 0 bridgehead atoms. The molecule has 31 heavy (non-hydrogen) atoms. The molecule has 3 heterocycles. The van der Waals surface area contributed by atoms with Gasteiger partial charge in [0.2, 0.25) is 0 Å². The Morgan fingerprint density at radius 1 is 1.10 bits per heavy atom. The molecule has 5 heteroatoms. The maximum atomic E-state index is 13.2. The highest BCUT2D eigenvalue weighted by atomic mass is 16.2. The van der Waals surface area contributed by atoms with Gasteiger partial charge in [-0.3, -0.25) is 14.6 Å². The van der Waals surface area contributed by atoms with Gasteiger partial charge in [0.05, 0.1) is 0 Å². The highest BCUT2D eigenvalue weighted by molar-refractivity contribution is 5.95. The molecule has 3 aromatic rings. The van der Waals surface area contributed by atoms with Crippen molar-refractivity contribution in [1.82, 2.24) is 14.5 Å². The van der Waals surface area contributed by atoms with E-state index in [1.165, 1.54) is 11.1 Å². The Kier molecular flexibility index (Phi) is 6.03. The van der Waals surface area contributed by atoms with Crippen LogP contribution in [-0.2, 0) is 13.5 Å². The number of aryl methyl sites for hydroxylation is 2. The van der Waals surface area contributed by atoms with E-state index >= 15 is 0 Å². The van der Waals surface area contributed by atoms with Crippen LogP contribution in [0.1, 0.15) is 57.2 Å². The van der Waals surface area contributed by atoms with Gasteiger partial charge in [-0.1, -0.05) is 36.4 Å². The number of hydrogen-bond donors (Lipinski definition) is 0. The molecule has 5 nitrogen and oxygen atoms in total. The third kappa shape index (κ3) is 4.46. The van der Waals surface area contributed by atoms with E-state index in [-0.39, 0.29) is 17.4 Å². The van der Waals surface area contributed by atoms with Gasteiger partial charge in [0.1, 0.15) is 5.56 Å². The van der Waals surface area contributed by atoms with E-state index < -0.39 is 0 Å². The average molecular weight is 416 g/mol. The number of likely N-dealkylation sites (tertiary alicyclic amines) is 1. The number of piperidine rings is 1. The van der Waals surface area contributed by atoms with Crippen molar-refractivity contribution in [3.63, 3.8) is 0 Å². The number of benzene rings is 1. The number of carbonyl (C=O) groups excluding carboxylic acids is 1. The zero-order valence-corrected chi connectivity index (χ0v) is 18.5. The molecule has 4 rings (SSSR count). The minimum atomic E-state index is -0.215. The van der Waals surface area contributed by atoms with Crippen LogP contribution in [0.25, 0.3) is 0 Å². The number of amides is 1. The maximum Gasteiger partial charge on any atom is 0.263 e. The van der Waals surface area contributed by atoms with Gasteiger partial charge >= 0.3 is 0 Å². The van der Waals surface area contributed by atoms with Crippen LogP contribution < -0.4 is 5.56 Å². The molecule has 1 amide bonds. The molecule has 160 valence electrons. The molecule has 1 unspecified atom stereocenters. The minimum Gasteiger partial charge on any atom is -0.338 e. The molecule has 0 saturated carbocycles. The highest BCUT2D eigenvalue weighted by Crippen LogP contribution is 2.27. The standard InChI is InChI=1S/C26H29N3O2/c1-18-14-19(2)28(3)25(30)24(18)26(31)29-13-7-10-22(17-29)23-12-11-21(16-27-23)15-20-8-5-4-6-9-20/h4-6,8-9,11-12,14,16,22H,7,10,13,15,17H2,1-3H3. The van der Waals surface area contributed by atoms with Crippen LogP contribution in [0, 0.1) is 13.8 Å². The predicted molar refractivity (Wildman–Crippen MR) is 123 cm³/mol. The van der Waals surface area contributed by atoms with Crippen LogP contribution in [0.3, 0.4) is 0 Å². The topological polar surface area (TPSA) is 55.2 Å². The fraction of sp³-hybridized carbons (Fsp3) is 0.346. The van der Waals surface area contributed by atoms with Gasteiger partial charge in [-0.2, -0.15) is 0 Å². The zero-order chi connectivity index (χ0) is 22.0. The number of hydrogen-bond acceptors (Lipinski definition) is 3. The van der Waals surface area contributed by atoms with Crippen molar-refractivity contribution < 1.29 is 4.79 Å². The summed E-state index contributed by atoms with van der Waals surface area (Å²) >= 11 is 0. The molecule has 1 fully saturated rings. The lowest BCUT2D eigenvalue weighted by atomic mass is 9.93. The van der Waals surface area contributed by atoms with Gasteiger partial charge in [-0.25, -0.2) is 0 Å². The van der Waals surface area contributed by atoms with E-state index in [0.29, 0.717) is 18.7 Å². The Morgan fingerprint density at radius 2 is 1.87 bits per heavy atom. The molecule has 1 aliphatic rings. The molecule has 0 aliphatic carbocycles. The van der Waals surface area contributed by atoms with E-state index in [4.69, 9.17) is 4.98 Å². The van der Waals surface area contributed by atoms with E-state index in [9.17, 15) is 9.59 Å². The van der Waals surface area contributed by atoms with Crippen molar-refractivity contribution in [2.24, 2.45) is 7.05 Å². The van der Waals surface area contributed by atoms with Crippen LogP contribution in [0.5, 0.6) is 0 Å². The van der Waals surface area contributed by atoms with Gasteiger partial charge in [0, 0.05) is 43.6 Å². The molecule has 1 aromatic carbocycles. The lowest BCUT2D eigenvalue weighted by Crippen LogP contribution is -2.42. The SMILES string of the molecule is Cc1cc(C)n(C)c(=O)c1C(=O)N1CCCC(c2ccc(Cc3ccccc3)cn2)C1. The van der Waals surface area contributed by atoms with Crippen molar-refractivity contribution in [1.29, 1.82) is 0 Å². The van der Waals surface area contributed by atoms with Crippen molar-refractivity contribution in [3.05, 3.63) is 98.7 Å². The number of pyridine rings is 2. The summed E-state index contributed by atoms with van der Waals surface area (Å²) in [6.45, 7) is 5.00. The number of nitrogens with zero attached hydrogens (tertiary/aromatic N) is 3. The molecule has 1 atom stereocenters. The predicted octanol–water partition coefficient (Wildman–Crippen LogP) is 4.01. The Labute approximate surface area is 183 Å². The molecule has 1 aliphatic heterocycles. The third-order valence-electron chi connectivity index (χ3n) is 6.31. The van der Waals surface area contributed by atoms with Crippen LogP contribution in [0.15, 0.2) is 59.5 Å². The summed E-state index contributed by atoms with van der Waals surface area (Å²) < 4.78 is 1.55. The molecule has 0 N–H and O–H groups in total. The van der Waals surface area contributed by atoms with E-state index in [0.717, 1.165) is 36.2 Å². The normalized spacial score (nSPS) is 16.4. The first-order chi connectivity index (χ1) is 14.9. The fourth-order valence-electron chi connectivity index (χ4n) is 4.41. The maximum absolute atomic E-state index is 13.2. The summed E-state index contributed by atoms with van der Waals surface area (Å²) in [5, 5.41) is 0.